The molecule has 0 saturated heterocycles. The summed E-state index contributed by atoms with van der Waals surface area (Å²) in [6.45, 7) is 0. The van der Waals surface area contributed by atoms with Crippen LogP contribution in [0.5, 0.6) is 0 Å². The predicted molar refractivity (Wildman–Crippen MR) is 48.1 cm³/mol. The van der Waals surface area contributed by atoms with E-state index in [2.05, 4.69) is 4.99 Å². The zero-order valence-corrected chi connectivity index (χ0v) is 7.45. The molecule has 0 atom stereocenters. The Kier molecular flexibility index (Phi) is 1.71. The topological polar surface area (TPSA) is 66.7 Å². The first-order chi connectivity index (χ1) is 6.09. The van der Waals surface area contributed by atoms with Crippen molar-refractivity contribution in [3.8, 4) is 0 Å². The Bertz CT molecular complexity index is 476. The largest absolute Gasteiger partial charge is 0.296 e. The standard InChI is InChI=1S/C8H7NO3S/c10-13(11,12)7-3-1-2-6-4-5-9-8(6)7/h1-3,5H,4H2,(H,10,11,12). The Labute approximate surface area is 75.7 Å². The normalized spacial score (nSPS) is 14.5. The first-order valence-electron chi connectivity index (χ1n) is 3.71. The van der Waals surface area contributed by atoms with Crippen LogP contribution in [0.4, 0.5) is 5.69 Å². The van der Waals surface area contributed by atoms with Crippen LogP contribution in [-0.4, -0.2) is 19.2 Å². The van der Waals surface area contributed by atoms with Gasteiger partial charge in [-0.2, -0.15) is 8.42 Å². The molecular formula is C8H7NO3S. The number of rotatable bonds is 1. The molecule has 0 amide bonds. The van der Waals surface area contributed by atoms with Crippen LogP contribution in [0.1, 0.15) is 5.56 Å². The summed E-state index contributed by atoms with van der Waals surface area (Å²) < 4.78 is 30.6. The molecule has 0 aromatic heterocycles. The molecule has 4 nitrogen and oxygen atoms in total. The minimum Gasteiger partial charge on any atom is -0.282 e. The van der Waals surface area contributed by atoms with E-state index in [9.17, 15) is 8.42 Å². The lowest BCUT2D eigenvalue weighted by molar-refractivity contribution is 0.483. The summed E-state index contributed by atoms with van der Waals surface area (Å²) in [6.07, 6.45) is 2.25. The molecule has 0 unspecified atom stereocenters. The molecular weight excluding hydrogens is 190 g/mol. The van der Waals surface area contributed by atoms with Crippen molar-refractivity contribution in [2.75, 3.05) is 0 Å². The molecule has 1 aliphatic rings. The SMILES string of the molecule is O=S(=O)(O)c1cccc2c1N=CC2. The average Bonchev–Trinajstić information content (AvgIpc) is 2.48. The summed E-state index contributed by atoms with van der Waals surface area (Å²) in [7, 11) is -4.14. The fraction of sp³-hybridized carbons (Fsp3) is 0.125. The molecule has 2 rings (SSSR count). The predicted octanol–water partition coefficient (Wildman–Crippen LogP) is 1.19. The summed E-state index contributed by atoms with van der Waals surface area (Å²) in [5, 5.41) is 0. The molecule has 0 fully saturated rings. The molecule has 0 bridgehead atoms. The highest BCUT2D eigenvalue weighted by atomic mass is 32.2. The van der Waals surface area contributed by atoms with Gasteiger partial charge in [0.2, 0.25) is 0 Å². The summed E-state index contributed by atoms with van der Waals surface area (Å²) >= 11 is 0. The van der Waals surface area contributed by atoms with Gasteiger partial charge in [-0.25, -0.2) is 0 Å². The molecule has 0 aliphatic carbocycles. The van der Waals surface area contributed by atoms with Gasteiger partial charge in [-0.05, 0) is 11.6 Å². The monoisotopic (exact) mass is 197 g/mol. The third-order valence-electron chi connectivity index (χ3n) is 1.89. The lowest BCUT2D eigenvalue weighted by atomic mass is 10.2. The van der Waals surface area contributed by atoms with Gasteiger partial charge in [0, 0.05) is 12.6 Å². The molecule has 0 spiro atoms. The lowest BCUT2D eigenvalue weighted by Gasteiger charge is -2.01. The maximum Gasteiger partial charge on any atom is 0.296 e. The van der Waals surface area contributed by atoms with Crippen molar-refractivity contribution in [3.05, 3.63) is 23.8 Å². The van der Waals surface area contributed by atoms with Gasteiger partial charge in [0.15, 0.2) is 0 Å². The van der Waals surface area contributed by atoms with Crippen LogP contribution in [0.25, 0.3) is 0 Å². The maximum atomic E-state index is 10.9. The number of fused-ring (bicyclic) bond motifs is 1. The van der Waals surface area contributed by atoms with E-state index in [-0.39, 0.29) is 4.90 Å². The number of hydrogen-bond acceptors (Lipinski definition) is 3. The Hall–Kier alpha value is -1.20. The molecule has 1 aliphatic heterocycles. The fourth-order valence-electron chi connectivity index (χ4n) is 1.32. The van der Waals surface area contributed by atoms with E-state index in [1.54, 1.807) is 18.3 Å². The maximum absolute atomic E-state index is 10.9. The second-order valence-corrected chi connectivity index (χ2v) is 4.14. The van der Waals surface area contributed by atoms with Crippen LogP contribution in [0.15, 0.2) is 28.1 Å². The van der Waals surface area contributed by atoms with E-state index in [1.807, 2.05) is 0 Å². The number of aliphatic imine (C=N–C) groups is 1. The first-order valence-corrected chi connectivity index (χ1v) is 5.15. The Morgan fingerprint density at radius 1 is 1.38 bits per heavy atom. The molecule has 0 radical (unpaired) electrons. The second-order valence-electron chi connectivity index (χ2n) is 2.75. The molecule has 13 heavy (non-hydrogen) atoms. The van der Waals surface area contributed by atoms with E-state index in [4.69, 9.17) is 4.55 Å². The summed E-state index contributed by atoms with van der Waals surface area (Å²) in [4.78, 5) is 3.79. The van der Waals surface area contributed by atoms with Crippen LogP contribution in [0.2, 0.25) is 0 Å². The van der Waals surface area contributed by atoms with Gasteiger partial charge in [-0.1, -0.05) is 12.1 Å². The minimum absolute atomic E-state index is 0.112. The quantitative estimate of drug-likeness (QED) is 0.687. The molecule has 68 valence electrons. The number of para-hydroxylation sites is 1. The third kappa shape index (κ3) is 1.36. The van der Waals surface area contributed by atoms with Crippen molar-refractivity contribution in [1.82, 2.24) is 0 Å². The molecule has 1 heterocycles. The van der Waals surface area contributed by atoms with Crippen molar-refractivity contribution in [3.63, 3.8) is 0 Å². The van der Waals surface area contributed by atoms with Crippen LogP contribution in [0.3, 0.4) is 0 Å². The van der Waals surface area contributed by atoms with Gasteiger partial charge >= 0.3 is 0 Å². The fourth-order valence-corrected chi connectivity index (χ4v) is 2.00. The third-order valence-corrected chi connectivity index (χ3v) is 2.78. The van der Waals surface area contributed by atoms with Crippen molar-refractivity contribution in [2.45, 2.75) is 11.3 Å². The highest BCUT2D eigenvalue weighted by molar-refractivity contribution is 7.86. The summed E-state index contributed by atoms with van der Waals surface area (Å²) in [5.41, 5.74) is 1.19. The van der Waals surface area contributed by atoms with E-state index >= 15 is 0 Å². The number of benzene rings is 1. The smallest absolute Gasteiger partial charge is 0.282 e. The highest BCUT2D eigenvalue weighted by Gasteiger charge is 2.19. The molecule has 5 heteroatoms. The van der Waals surface area contributed by atoms with Gasteiger partial charge in [-0.3, -0.25) is 9.55 Å². The zero-order chi connectivity index (χ0) is 9.47. The van der Waals surface area contributed by atoms with Crippen LogP contribution in [0, 0.1) is 0 Å². The van der Waals surface area contributed by atoms with Crippen LogP contribution < -0.4 is 0 Å². The van der Waals surface area contributed by atoms with E-state index in [0.717, 1.165) is 5.56 Å². The Morgan fingerprint density at radius 3 is 2.85 bits per heavy atom. The Morgan fingerprint density at radius 2 is 2.15 bits per heavy atom. The van der Waals surface area contributed by atoms with Crippen LogP contribution >= 0.6 is 0 Å². The van der Waals surface area contributed by atoms with E-state index < -0.39 is 10.1 Å². The summed E-state index contributed by atoms with van der Waals surface area (Å²) in [6, 6.07) is 4.73. The second kappa shape index (κ2) is 2.65. The van der Waals surface area contributed by atoms with Crippen molar-refractivity contribution in [1.29, 1.82) is 0 Å². The number of hydrogen-bond donors (Lipinski definition) is 1. The minimum atomic E-state index is -4.14. The molecule has 1 N–H and O–H groups in total. The van der Waals surface area contributed by atoms with Gasteiger partial charge in [0.05, 0.1) is 5.69 Å². The van der Waals surface area contributed by atoms with Gasteiger partial charge in [0.1, 0.15) is 4.90 Å². The molecule has 0 saturated carbocycles. The van der Waals surface area contributed by atoms with E-state index in [0.29, 0.717) is 12.1 Å². The zero-order valence-electron chi connectivity index (χ0n) is 6.64. The van der Waals surface area contributed by atoms with Crippen molar-refractivity contribution in [2.24, 2.45) is 4.99 Å². The number of nitrogens with zero attached hydrogens (tertiary/aromatic N) is 1. The highest BCUT2D eigenvalue weighted by Crippen LogP contribution is 2.31. The first kappa shape index (κ1) is 8.40. The molecule has 1 aromatic carbocycles. The van der Waals surface area contributed by atoms with Crippen molar-refractivity contribution < 1.29 is 13.0 Å². The lowest BCUT2D eigenvalue weighted by Crippen LogP contribution is -1.98. The van der Waals surface area contributed by atoms with Crippen LogP contribution in [-0.2, 0) is 16.5 Å². The average molecular weight is 197 g/mol. The Balaban J connectivity index is 2.74. The summed E-state index contributed by atoms with van der Waals surface area (Å²) in [5.74, 6) is 0. The van der Waals surface area contributed by atoms with Gasteiger partial charge in [-0.15, -0.1) is 0 Å². The van der Waals surface area contributed by atoms with E-state index in [1.165, 1.54) is 6.07 Å². The van der Waals surface area contributed by atoms with Gasteiger partial charge in [0.25, 0.3) is 10.1 Å². The molecule has 1 aromatic rings. The van der Waals surface area contributed by atoms with Crippen molar-refractivity contribution >= 4 is 22.0 Å². The van der Waals surface area contributed by atoms with Gasteiger partial charge < -0.3 is 0 Å².